The molecule has 3 aromatic rings. The molecule has 36 heavy (non-hydrogen) atoms. The van der Waals surface area contributed by atoms with Crippen LogP contribution in [0, 0.1) is 0 Å². The van der Waals surface area contributed by atoms with Crippen LogP contribution in [0.3, 0.4) is 0 Å². The Morgan fingerprint density at radius 2 is 1.78 bits per heavy atom. The Bertz CT molecular complexity index is 1330. The number of imidazole rings is 1. The number of nitrogens with zero attached hydrogens (tertiary/aromatic N) is 2. The quantitative estimate of drug-likeness (QED) is 0.338. The lowest BCUT2D eigenvalue weighted by atomic mass is 10.0. The first-order valence-electron chi connectivity index (χ1n) is 11.5. The average Bonchev–Trinajstić information content (AvgIpc) is 3.20. The Balaban J connectivity index is 1.92. The molecule has 192 valence electrons. The summed E-state index contributed by atoms with van der Waals surface area (Å²) in [7, 11) is -4.16. The zero-order valence-electron chi connectivity index (χ0n) is 20.4. The van der Waals surface area contributed by atoms with Crippen LogP contribution >= 0.6 is 11.8 Å². The SMILES string of the molecule is CCCOC(=O)NS(=O)(=O)c1ccccc1-c1ccc(Cn2c(CCC)nc(SC)c2C(=O)O)cc1. The molecular weight excluding hydrogens is 502 g/mol. The van der Waals surface area contributed by atoms with Crippen molar-refractivity contribution in [3.05, 3.63) is 65.6 Å². The van der Waals surface area contributed by atoms with Crippen LogP contribution in [-0.4, -0.2) is 48.0 Å². The van der Waals surface area contributed by atoms with E-state index in [1.807, 2.05) is 30.7 Å². The Labute approximate surface area is 214 Å². The molecule has 1 heterocycles. The maximum Gasteiger partial charge on any atom is 0.421 e. The van der Waals surface area contributed by atoms with Crippen molar-refractivity contribution in [1.29, 1.82) is 0 Å². The fraction of sp³-hybridized carbons (Fsp3) is 0.320. The van der Waals surface area contributed by atoms with Gasteiger partial charge < -0.3 is 14.4 Å². The second-order valence-electron chi connectivity index (χ2n) is 7.96. The summed E-state index contributed by atoms with van der Waals surface area (Å²) < 4.78 is 34.2. The predicted octanol–water partition coefficient (Wildman–Crippen LogP) is 4.80. The summed E-state index contributed by atoms with van der Waals surface area (Å²) in [4.78, 5) is 28.3. The van der Waals surface area contributed by atoms with Crippen LogP contribution in [-0.2, 0) is 27.7 Å². The van der Waals surface area contributed by atoms with Crippen LogP contribution in [0.2, 0.25) is 0 Å². The van der Waals surface area contributed by atoms with Crippen molar-refractivity contribution in [3.8, 4) is 11.1 Å². The van der Waals surface area contributed by atoms with Gasteiger partial charge in [-0.25, -0.2) is 27.7 Å². The molecule has 2 N–H and O–H groups in total. The van der Waals surface area contributed by atoms with Crippen molar-refractivity contribution in [3.63, 3.8) is 0 Å². The lowest BCUT2D eigenvalue weighted by Crippen LogP contribution is -2.31. The predicted molar refractivity (Wildman–Crippen MR) is 138 cm³/mol. The molecule has 0 fully saturated rings. The standard InChI is InChI=1S/C25H29N3O6S2/c1-4-8-21-26-23(35-3)22(24(29)30)28(21)16-17-11-13-18(14-12-17)19-9-6-7-10-20(19)36(32,33)27-25(31)34-15-5-2/h6-7,9-14H,4-5,8,15-16H2,1-3H3,(H,27,31)(H,29,30). The number of aromatic nitrogens is 2. The number of sulfonamides is 1. The van der Waals surface area contributed by atoms with E-state index >= 15 is 0 Å². The highest BCUT2D eigenvalue weighted by Crippen LogP contribution is 2.28. The van der Waals surface area contributed by atoms with Gasteiger partial charge in [0.1, 0.15) is 10.9 Å². The molecule has 9 nitrogen and oxygen atoms in total. The maximum absolute atomic E-state index is 12.9. The summed E-state index contributed by atoms with van der Waals surface area (Å²) in [5, 5.41) is 10.3. The summed E-state index contributed by atoms with van der Waals surface area (Å²) in [6.07, 6.45) is 2.82. The van der Waals surface area contributed by atoms with Crippen molar-refractivity contribution in [2.24, 2.45) is 0 Å². The van der Waals surface area contributed by atoms with E-state index in [4.69, 9.17) is 4.74 Å². The number of hydrogen-bond donors (Lipinski definition) is 2. The van der Waals surface area contributed by atoms with E-state index in [1.165, 1.54) is 17.8 Å². The number of nitrogens with one attached hydrogen (secondary N) is 1. The number of hydrogen-bond acceptors (Lipinski definition) is 7. The molecule has 0 spiro atoms. The van der Waals surface area contributed by atoms with Crippen molar-refractivity contribution in [1.82, 2.24) is 14.3 Å². The molecule has 0 aliphatic heterocycles. The number of carbonyl (C=O) groups is 2. The second kappa shape index (κ2) is 12.1. The second-order valence-corrected chi connectivity index (χ2v) is 10.4. The van der Waals surface area contributed by atoms with Gasteiger partial charge in [0, 0.05) is 18.5 Å². The third kappa shape index (κ3) is 6.27. The van der Waals surface area contributed by atoms with Gasteiger partial charge in [-0.2, -0.15) is 0 Å². The Morgan fingerprint density at radius 3 is 2.39 bits per heavy atom. The number of ether oxygens (including phenoxy) is 1. The van der Waals surface area contributed by atoms with Gasteiger partial charge in [0.2, 0.25) is 0 Å². The van der Waals surface area contributed by atoms with Gasteiger partial charge in [-0.1, -0.05) is 56.3 Å². The highest BCUT2D eigenvalue weighted by atomic mass is 32.2. The summed E-state index contributed by atoms with van der Waals surface area (Å²) >= 11 is 1.30. The zero-order valence-corrected chi connectivity index (χ0v) is 22.0. The van der Waals surface area contributed by atoms with Crippen LogP contribution < -0.4 is 4.72 Å². The molecule has 0 saturated heterocycles. The van der Waals surface area contributed by atoms with Crippen LogP contribution in [0.15, 0.2) is 58.5 Å². The number of benzene rings is 2. The van der Waals surface area contributed by atoms with E-state index in [2.05, 4.69) is 4.98 Å². The van der Waals surface area contributed by atoms with Crippen molar-refractivity contribution >= 4 is 33.8 Å². The maximum atomic E-state index is 12.9. The van der Waals surface area contributed by atoms with Crippen LogP contribution in [0.5, 0.6) is 0 Å². The minimum Gasteiger partial charge on any atom is -0.476 e. The first kappa shape index (κ1) is 27.3. The smallest absolute Gasteiger partial charge is 0.421 e. The molecule has 2 aromatic carbocycles. The van der Waals surface area contributed by atoms with E-state index < -0.39 is 22.1 Å². The first-order chi connectivity index (χ1) is 17.2. The summed E-state index contributed by atoms with van der Waals surface area (Å²) in [5.74, 6) is -0.323. The molecule has 0 saturated carbocycles. The normalized spacial score (nSPS) is 11.3. The van der Waals surface area contributed by atoms with Crippen LogP contribution in [0.4, 0.5) is 4.79 Å². The van der Waals surface area contributed by atoms with Crippen molar-refractivity contribution in [2.75, 3.05) is 12.9 Å². The zero-order chi connectivity index (χ0) is 26.3. The fourth-order valence-corrected chi connectivity index (χ4v) is 5.42. The van der Waals surface area contributed by atoms with Gasteiger partial charge in [-0.15, -0.1) is 11.8 Å². The number of carboxylic acid groups (broad SMARTS) is 1. The largest absolute Gasteiger partial charge is 0.476 e. The lowest BCUT2D eigenvalue weighted by Gasteiger charge is -2.13. The topological polar surface area (TPSA) is 128 Å². The summed E-state index contributed by atoms with van der Waals surface area (Å²) in [5.41, 5.74) is 2.05. The van der Waals surface area contributed by atoms with Gasteiger partial charge >= 0.3 is 12.1 Å². The number of aryl methyl sites for hydroxylation is 1. The molecule has 11 heteroatoms. The van der Waals surface area contributed by atoms with Crippen molar-refractivity contribution < 1.29 is 27.9 Å². The minimum atomic E-state index is -4.16. The van der Waals surface area contributed by atoms with Gasteiger partial charge in [0.25, 0.3) is 10.0 Å². The number of carbonyl (C=O) groups excluding carboxylic acids is 1. The van der Waals surface area contributed by atoms with E-state index in [0.717, 1.165) is 12.0 Å². The van der Waals surface area contributed by atoms with E-state index in [-0.39, 0.29) is 17.2 Å². The lowest BCUT2D eigenvalue weighted by molar-refractivity contribution is 0.0681. The molecule has 0 atom stereocenters. The number of rotatable bonds is 11. The van der Waals surface area contributed by atoms with Gasteiger partial charge in [0.05, 0.1) is 11.5 Å². The minimum absolute atomic E-state index is 0.0520. The molecule has 1 aromatic heterocycles. The highest BCUT2D eigenvalue weighted by Gasteiger charge is 2.24. The van der Waals surface area contributed by atoms with Gasteiger partial charge in [0.15, 0.2) is 5.69 Å². The monoisotopic (exact) mass is 531 g/mol. The summed E-state index contributed by atoms with van der Waals surface area (Å²) in [6.45, 7) is 4.25. The average molecular weight is 532 g/mol. The molecule has 0 unspecified atom stereocenters. The first-order valence-corrected chi connectivity index (χ1v) is 14.2. The molecule has 1 amide bonds. The van der Waals surface area contributed by atoms with E-state index in [0.29, 0.717) is 41.4 Å². The highest BCUT2D eigenvalue weighted by molar-refractivity contribution is 7.98. The number of carboxylic acids is 1. The molecule has 0 aliphatic rings. The molecule has 0 aliphatic carbocycles. The Morgan fingerprint density at radius 1 is 1.08 bits per heavy atom. The molecule has 0 bridgehead atoms. The number of thioether (sulfide) groups is 1. The van der Waals surface area contributed by atoms with Gasteiger partial charge in [-0.05, 0) is 36.3 Å². The Kier molecular flexibility index (Phi) is 9.16. The summed E-state index contributed by atoms with van der Waals surface area (Å²) in [6, 6.07) is 13.5. The van der Waals surface area contributed by atoms with Crippen LogP contribution in [0.1, 0.15) is 48.6 Å². The fourth-order valence-electron chi connectivity index (χ4n) is 3.71. The number of aromatic carboxylic acids is 1. The van der Waals surface area contributed by atoms with Crippen LogP contribution in [0.25, 0.3) is 11.1 Å². The molecule has 3 rings (SSSR count). The van der Waals surface area contributed by atoms with E-state index in [1.54, 1.807) is 41.2 Å². The third-order valence-electron chi connectivity index (χ3n) is 5.32. The Hall–Kier alpha value is -3.31. The third-order valence-corrected chi connectivity index (χ3v) is 7.36. The number of amides is 1. The molecule has 0 radical (unpaired) electrons. The van der Waals surface area contributed by atoms with Crippen molar-refractivity contribution in [2.45, 2.75) is 49.6 Å². The molecular formula is C25H29N3O6S2. The van der Waals surface area contributed by atoms with Gasteiger partial charge in [-0.3, -0.25) is 0 Å². The van der Waals surface area contributed by atoms with E-state index in [9.17, 15) is 23.1 Å².